The van der Waals surface area contributed by atoms with Gasteiger partial charge in [-0.2, -0.15) is 0 Å². The van der Waals surface area contributed by atoms with E-state index in [0.29, 0.717) is 30.4 Å². The number of hydrogen-bond acceptors (Lipinski definition) is 4. The molecule has 0 fully saturated rings. The van der Waals surface area contributed by atoms with Gasteiger partial charge >= 0.3 is 0 Å². The summed E-state index contributed by atoms with van der Waals surface area (Å²) in [6, 6.07) is 24.0. The van der Waals surface area contributed by atoms with E-state index < -0.39 is 6.10 Å². The molecule has 4 heteroatoms. The van der Waals surface area contributed by atoms with Crippen molar-refractivity contribution in [3.8, 4) is 11.5 Å². The van der Waals surface area contributed by atoms with Crippen LogP contribution in [0.15, 0.2) is 72.8 Å². The number of ether oxygens (including phenoxy) is 2. The minimum absolute atomic E-state index is 0.297. The molecule has 2 unspecified atom stereocenters. The number of hydrogen-bond donors (Lipinski definition) is 2. The van der Waals surface area contributed by atoms with E-state index in [9.17, 15) is 5.11 Å². The van der Waals surface area contributed by atoms with E-state index >= 15 is 0 Å². The van der Waals surface area contributed by atoms with Crippen LogP contribution in [-0.2, 0) is 6.61 Å². The Bertz CT molecular complexity index is 926. The molecule has 3 aromatic carbocycles. The Kier molecular flexibility index (Phi) is 5.49. The Morgan fingerprint density at radius 3 is 2.61 bits per heavy atom. The van der Waals surface area contributed by atoms with Gasteiger partial charge in [-0.15, -0.1) is 0 Å². The molecule has 1 aliphatic rings. The summed E-state index contributed by atoms with van der Waals surface area (Å²) in [4.78, 5) is 0. The van der Waals surface area contributed by atoms with Gasteiger partial charge in [0.2, 0.25) is 0 Å². The van der Waals surface area contributed by atoms with Crippen molar-refractivity contribution in [2.45, 2.75) is 25.0 Å². The molecule has 1 heterocycles. The molecular formula is C24H25NO3. The van der Waals surface area contributed by atoms with Crippen molar-refractivity contribution >= 4 is 5.69 Å². The SMILES string of the molecule is COc1cc(C(O)CC2CNc3ccccc32)ccc1OCc1ccccc1. The van der Waals surface area contributed by atoms with E-state index in [2.05, 4.69) is 17.4 Å². The van der Waals surface area contributed by atoms with Crippen LogP contribution in [0, 0.1) is 0 Å². The van der Waals surface area contributed by atoms with E-state index in [0.717, 1.165) is 17.7 Å². The van der Waals surface area contributed by atoms with Crippen LogP contribution in [0.4, 0.5) is 5.69 Å². The van der Waals surface area contributed by atoms with E-state index in [1.165, 1.54) is 11.3 Å². The average Bonchev–Trinajstić information content (AvgIpc) is 3.15. The first-order valence-corrected chi connectivity index (χ1v) is 9.60. The largest absolute Gasteiger partial charge is 0.493 e. The fourth-order valence-corrected chi connectivity index (χ4v) is 3.72. The Balaban J connectivity index is 1.45. The van der Waals surface area contributed by atoms with Crippen molar-refractivity contribution in [2.24, 2.45) is 0 Å². The highest BCUT2D eigenvalue weighted by Gasteiger charge is 2.25. The zero-order chi connectivity index (χ0) is 19.3. The topological polar surface area (TPSA) is 50.7 Å². The first kappa shape index (κ1) is 18.4. The van der Waals surface area contributed by atoms with Crippen molar-refractivity contribution in [1.29, 1.82) is 0 Å². The van der Waals surface area contributed by atoms with Crippen LogP contribution in [0.1, 0.15) is 35.1 Å². The number of methoxy groups -OCH3 is 1. The maximum atomic E-state index is 10.8. The van der Waals surface area contributed by atoms with Gasteiger partial charge in [-0.3, -0.25) is 0 Å². The Labute approximate surface area is 165 Å². The third-order valence-corrected chi connectivity index (χ3v) is 5.26. The number of fused-ring (bicyclic) bond motifs is 1. The van der Waals surface area contributed by atoms with Gasteiger partial charge in [0.1, 0.15) is 6.61 Å². The van der Waals surface area contributed by atoms with Gasteiger partial charge in [-0.05, 0) is 41.3 Å². The molecule has 28 heavy (non-hydrogen) atoms. The Hall–Kier alpha value is -2.98. The van der Waals surface area contributed by atoms with Gasteiger partial charge < -0.3 is 19.9 Å². The van der Waals surface area contributed by atoms with E-state index in [4.69, 9.17) is 9.47 Å². The van der Waals surface area contributed by atoms with Crippen LogP contribution in [0.25, 0.3) is 0 Å². The van der Waals surface area contributed by atoms with Gasteiger partial charge in [0.15, 0.2) is 11.5 Å². The van der Waals surface area contributed by atoms with E-state index in [1.54, 1.807) is 7.11 Å². The minimum Gasteiger partial charge on any atom is -0.493 e. The molecule has 0 saturated heterocycles. The standard InChI is InChI=1S/C24H25NO3/c1-27-24-14-18(11-12-23(24)28-16-17-7-3-2-4-8-17)22(26)13-19-15-25-21-10-6-5-9-20(19)21/h2-12,14,19,22,25-26H,13,15-16H2,1H3. The molecule has 4 rings (SSSR count). The number of nitrogens with one attached hydrogen (secondary N) is 1. The van der Waals surface area contributed by atoms with Gasteiger partial charge in [0.25, 0.3) is 0 Å². The Morgan fingerprint density at radius 2 is 1.79 bits per heavy atom. The molecule has 4 nitrogen and oxygen atoms in total. The highest BCUT2D eigenvalue weighted by Crippen LogP contribution is 2.38. The van der Waals surface area contributed by atoms with Crippen molar-refractivity contribution in [1.82, 2.24) is 0 Å². The number of anilines is 1. The van der Waals surface area contributed by atoms with Gasteiger partial charge in [-0.1, -0.05) is 54.6 Å². The third kappa shape index (κ3) is 3.97. The summed E-state index contributed by atoms with van der Waals surface area (Å²) in [5, 5.41) is 14.2. The third-order valence-electron chi connectivity index (χ3n) is 5.26. The van der Waals surface area contributed by atoms with Crippen LogP contribution in [0.2, 0.25) is 0 Å². The maximum absolute atomic E-state index is 10.8. The second kappa shape index (κ2) is 8.36. The molecule has 0 bridgehead atoms. The Morgan fingerprint density at radius 1 is 1.00 bits per heavy atom. The first-order valence-electron chi connectivity index (χ1n) is 9.60. The van der Waals surface area contributed by atoms with Crippen LogP contribution in [0.5, 0.6) is 11.5 Å². The molecule has 2 atom stereocenters. The lowest BCUT2D eigenvalue weighted by Crippen LogP contribution is -2.08. The summed E-state index contributed by atoms with van der Waals surface area (Å²) in [6.45, 7) is 1.33. The highest BCUT2D eigenvalue weighted by atomic mass is 16.5. The quantitative estimate of drug-likeness (QED) is 0.616. The molecule has 1 aliphatic heterocycles. The summed E-state index contributed by atoms with van der Waals surface area (Å²) in [6.07, 6.45) is 0.104. The number of rotatable bonds is 7. The fraction of sp³-hybridized carbons (Fsp3) is 0.250. The predicted molar refractivity (Wildman–Crippen MR) is 111 cm³/mol. The molecule has 0 spiro atoms. The van der Waals surface area contributed by atoms with Gasteiger partial charge in [0, 0.05) is 18.2 Å². The number of para-hydroxylation sites is 1. The summed E-state index contributed by atoms with van der Waals surface area (Å²) in [5.74, 6) is 1.61. The highest BCUT2D eigenvalue weighted by molar-refractivity contribution is 5.57. The maximum Gasteiger partial charge on any atom is 0.161 e. The summed E-state index contributed by atoms with van der Waals surface area (Å²) >= 11 is 0. The molecule has 3 aromatic rings. The molecule has 0 aromatic heterocycles. The molecule has 0 amide bonds. The smallest absolute Gasteiger partial charge is 0.161 e. The lowest BCUT2D eigenvalue weighted by atomic mass is 9.92. The van der Waals surface area contributed by atoms with Crippen molar-refractivity contribution in [2.75, 3.05) is 19.0 Å². The van der Waals surface area contributed by atoms with Gasteiger partial charge in [-0.25, -0.2) is 0 Å². The molecular weight excluding hydrogens is 350 g/mol. The van der Waals surface area contributed by atoms with Crippen LogP contribution >= 0.6 is 0 Å². The molecule has 2 N–H and O–H groups in total. The molecule has 0 saturated carbocycles. The number of benzene rings is 3. The monoisotopic (exact) mass is 375 g/mol. The number of aliphatic hydroxyl groups excluding tert-OH is 1. The summed E-state index contributed by atoms with van der Waals surface area (Å²) in [5.41, 5.74) is 4.38. The summed E-state index contributed by atoms with van der Waals surface area (Å²) in [7, 11) is 1.62. The van der Waals surface area contributed by atoms with Crippen LogP contribution in [-0.4, -0.2) is 18.8 Å². The first-order chi connectivity index (χ1) is 13.7. The van der Waals surface area contributed by atoms with Crippen molar-refractivity contribution in [3.63, 3.8) is 0 Å². The van der Waals surface area contributed by atoms with Gasteiger partial charge in [0.05, 0.1) is 13.2 Å². The van der Waals surface area contributed by atoms with Crippen LogP contribution in [0.3, 0.4) is 0 Å². The molecule has 0 radical (unpaired) electrons. The second-order valence-corrected chi connectivity index (χ2v) is 7.10. The van der Waals surface area contributed by atoms with Crippen molar-refractivity contribution in [3.05, 3.63) is 89.5 Å². The normalized spacial score (nSPS) is 16.1. The molecule has 144 valence electrons. The second-order valence-electron chi connectivity index (χ2n) is 7.10. The van der Waals surface area contributed by atoms with Crippen molar-refractivity contribution < 1.29 is 14.6 Å². The summed E-state index contributed by atoms with van der Waals surface area (Å²) < 4.78 is 11.4. The minimum atomic E-state index is -0.560. The van der Waals surface area contributed by atoms with E-state index in [1.807, 2.05) is 60.7 Å². The lowest BCUT2D eigenvalue weighted by molar-refractivity contribution is 0.159. The number of aliphatic hydroxyl groups is 1. The van der Waals surface area contributed by atoms with E-state index in [-0.39, 0.29) is 0 Å². The predicted octanol–water partition coefficient (Wildman–Crippen LogP) is 4.91. The fourth-order valence-electron chi connectivity index (χ4n) is 3.72. The average molecular weight is 375 g/mol. The van der Waals surface area contributed by atoms with Crippen LogP contribution < -0.4 is 14.8 Å². The lowest BCUT2D eigenvalue weighted by Gasteiger charge is -2.18. The zero-order valence-corrected chi connectivity index (χ0v) is 16.0. The zero-order valence-electron chi connectivity index (χ0n) is 16.0. The molecule has 0 aliphatic carbocycles.